The highest BCUT2D eigenvalue weighted by Gasteiger charge is 2.23. The normalized spacial score (nSPS) is 19.7. The highest BCUT2D eigenvalue weighted by Crippen LogP contribution is 2.17. The predicted molar refractivity (Wildman–Crippen MR) is 46.4 cm³/mol. The van der Waals surface area contributed by atoms with Crippen molar-refractivity contribution < 1.29 is 5.11 Å². The third-order valence-electron chi connectivity index (χ3n) is 2.52. The van der Waals surface area contributed by atoms with Crippen molar-refractivity contribution >= 4 is 0 Å². The van der Waals surface area contributed by atoms with Crippen LogP contribution in [0.25, 0.3) is 0 Å². The molecule has 0 aromatic rings. The van der Waals surface area contributed by atoms with E-state index in [1.165, 1.54) is 0 Å². The lowest BCUT2D eigenvalue weighted by atomic mass is 9.97. The minimum absolute atomic E-state index is 0.220. The van der Waals surface area contributed by atoms with Gasteiger partial charge in [-0.1, -0.05) is 0 Å². The topological polar surface area (TPSA) is 71.0 Å². The summed E-state index contributed by atoms with van der Waals surface area (Å²) >= 11 is 0. The van der Waals surface area contributed by atoms with Crippen molar-refractivity contribution in [3.05, 3.63) is 0 Å². The summed E-state index contributed by atoms with van der Waals surface area (Å²) in [5, 5.41) is 26.2. The maximum Gasteiger partial charge on any atom is 0.186 e. The van der Waals surface area contributed by atoms with Crippen molar-refractivity contribution in [3.63, 3.8) is 0 Å². The van der Waals surface area contributed by atoms with E-state index < -0.39 is 6.04 Å². The van der Waals surface area contributed by atoms with Gasteiger partial charge in [0, 0.05) is 19.7 Å². The molecule has 1 aliphatic heterocycles. The summed E-state index contributed by atoms with van der Waals surface area (Å²) in [5.74, 6) is 0.356. The van der Waals surface area contributed by atoms with Gasteiger partial charge in [0.1, 0.15) is 0 Å². The second-order valence-electron chi connectivity index (χ2n) is 3.32. The van der Waals surface area contributed by atoms with Crippen molar-refractivity contribution in [2.24, 2.45) is 5.92 Å². The average Bonchev–Trinajstić information content (AvgIpc) is 2.21. The van der Waals surface area contributed by atoms with Crippen LogP contribution in [-0.4, -0.2) is 35.7 Å². The van der Waals surface area contributed by atoms with Gasteiger partial charge in [0.2, 0.25) is 0 Å². The number of rotatable bonds is 2. The van der Waals surface area contributed by atoms with Crippen molar-refractivity contribution in [2.75, 3.05) is 19.7 Å². The molecule has 1 saturated heterocycles. The molecule has 1 rings (SSSR count). The number of piperidine rings is 1. The molecule has 0 atom stereocenters. The molecule has 4 heteroatoms. The first-order valence-corrected chi connectivity index (χ1v) is 4.46. The molecular weight excluding hydrogens is 166 g/mol. The van der Waals surface area contributed by atoms with E-state index in [2.05, 4.69) is 0 Å². The molecule has 13 heavy (non-hydrogen) atoms. The fourth-order valence-corrected chi connectivity index (χ4v) is 1.59. The van der Waals surface area contributed by atoms with E-state index in [1.807, 2.05) is 17.0 Å². The zero-order chi connectivity index (χ0) is 9.68. The summed E-state index contributed by atoms with van der Waals surface area (Å²) < 4.78 is 0. The molecule has 0 unspecified atom stereocenters. The Balaban J connectivity index is 2.42. The van der Waals surface area contributed by atoms with Crippen LogP contribution in [-0.2, 0) is 0 Å². The third kappa shape index (κ3) is 2.42. The summed E-state index contributed by atoms with van der Waals surface area (Å²) in [6.07, 6.45) is 1.77. The highest BCUT2D eigenvalue weighted by molar-refractivity contribution is 5.07. The van der Waals surface area contributed by atoms with E-state index in [0.29, 0.717) is 5.92 Å². The first-order valence-electron chi connectivity index (χ1n) is 4.46. The predicted octanol–water partition coefficient (Wildman–Crippen LogP) is 0.106. The summed E-state index contributed by atoms with van der Waals surface area (Å²) in [6.45, 7) is 1.71. The molecule has 0 amide bonds. The van der Waals surface area contributed by atoms with Gasteiger partial charge in [-0.05, 0) is 18.8 Å². The number of nitrogens with zero attached hydrogens (tertiary/aromatic N) is 3. The van der Waals surface area contributed by atoms with Crippen molar-refractivity contribution in [3.8, 4) is 12.1 Å². The molecule has 4 nitrogen and oxygen atoms in total. The maximum absolute atomic E-state index is 8.88. The zero-order valence-electron chi connectivity index (χ0n) is 7.48. The Morgan fingerprint density at radius 1 is 1.31 bits per heavy atom. The molecule has 0 aromatic heterocycles. The molecular formula is C9H13N3O. The zero-order valence-corrected chi connectivity index (χ0v) is 7.48. The lowest BCUT2D eigenvalue weighted by Crippen LogP contribution is -2.40. The number of likely N-dealkylation sites (tertiary alicyclic amines) is 1. The first-order chi connectivity index (χ1) is 6.31. The molecule has 0 saturated carbocycles. The molecule has 0 radical (unpaired) electrons. The molecule has 0 aliphatic carbocycles. The second-order valence-corrected chi connectivity index (χ2v) is 3.32. The van der Waals surface area contributed by atoms with Gasteiger partial charge in [0.15, 0.2) is 6.04 Å². The first kappa shape index (κ1) is 9.98. The molecule has 1 aliphatic rings. The number of nitriles is 2. The molecule has 70 valence electrons. The van der Waals surface area contributed by atoms with Gasteiger partial charge in [-0.25, -0.2) is 0 Å². The van der Waals surface area contributed by atoms with E-state index in [4.69, 9.17) is 15.6 Å². The van der Waals surface area contributed by atoms with Gasteiger partial charge in [-0.15, -0.1) is 0 Å². The Kier molecular flexibility index (Phi) is 3.70. The Bertz CT molecular complexity index is 218. The molecule has 1 N–H and O–H groups in total. The fraction of sp³-hybridized carbons (Fsp3) is 0.778. The Labute approximate surface area is 78.0 Å². The molecule has 1 heterocycles. The molecule has 1 fully saturated rings. The van der Waals surface area contributed by atoms with Crippen LogP contribution in [0.2, 0.25) is 0 Å². The van der Waals surface area contributed by atoms with Crippen LogP contribution >= 0.6 is 0 Å². The van der Waals surface area contributed by atoms with Crippen LogP contribution < -0.4 is 0 Å². The van der Waals surface area contributed by atoms with Crippen molar-refractivity contribution in [1.82, 2.24) is 4.90 Å². The minimum atomic E-state index is -0.611. The van der Waals surface area contributed by atoms with Crippen LogP contribution in [0, 0.1) is 28.6 Å². The monoisotopic (exact) mass is 179 g/mol. The fourth-order valence-electron chi connectivity index (χ4n) is 1.59. The smallest absolute Gasteiger partial charge is 0.186 e. The van der Waals surface area contributed by atoms with Gasteiger partial charge in [-0.2, -0.15) is 10.5 Å². The quantitative estimate of drug-likeness (QED) is 0.653. The van der Waals surface area contributed by atoms with Gasteiger partial charge in [-0.3, -0.25) is 4.90 Å². The Morgan fingerprint density at radius 2 is 1.85 bits per heavy atom. The summed E-state index contributed by atoms with van der Waals surface area (Å²) in [5.41, 5.74) is 0. The number of aliphatic hydroxyl groups is 1. The van der Waals surface area contributed by atoms with Gasteiger partial charge < -0.3 is 5.11 Å². The van der Waals surface area contributed by atoms with E-state index >= 15 is 0 Å². The van der Waals surface area contributed by atoms with Gasteiger partial charge in [0.25, 0.3) is 0 Å². The van der Waals surface area contributed by atoms with E-state index in [-0.39, 0.29) is 6.61 Å². The molecule has 0 bridgehead atoms. The van der Waals surface area contributed by atoms with Gasteiger partial charge >= 0.3 is 0 Å². The van der Waals surface area contributed by atoms with E-state index in [9.17, 15) is 0 Å². The van der Waals surface area contributed by atoms with Crippen LogP contribution in [0.15, 0.2) is 0 Å². The van der Waals surface area contributed by atoms with Crippen LogP contribution in [0.1, 0.15) is 12.8 Å². The van der Waals surface area contributed by atoms with E-state index in [1.54, 1.807) is 0 Å². The molecule has 0 aromatic carbocycles. The SMILES string of the molecule is N#CC(C#N)N1CCC(CO)CC1. The number of hydrogen-bond donors (Lipinski definition) is 1. The van der Waals surface area contributed by atoms with Gasteiger partial charge in [0.05, 0.1) is 12.1 Å². The average molecular weight is 179 g/mol. The summed E-state index contributed by atoms with van der Waals surface area (Å²) in [6, 6.07) is 3.30. The minimum Gasteiger partial charge on any atom is -0.396 e. The second kappa shape index (κ2) is 4.81. The van der Waals surface area contributed by atoms with E-state index in [0.717, 1.165) is 25.9 Å². The standard InChI is InChI=1S/C9H13N3O/c10-5-9(6-11)12-3-1-8(7-13)2-4-12/h8-9,13H,1-4,7H2. The third-order valence-corrected chi connectivity index (χ3v) is 2.52. The van der Waals surface area contributed by atoms with Crippen molar-refractivity contribution in [1.29, 1.82) is 10.5 Å². The van der Waals surface area contributed by atoms with Crippen LogP contribution in [0.4, 0.5) is 0 Å². The largest absolute Gasteiger partial charge is 0.396 e. The van der Waals surface area contributed by atoms with Crippen molar-refractivity contribution in [2.45, 2.75) is 18.9 Å². The summed E-state index contributed by atoms with van der Waals surface area (Å²) in [4.78, 5) is 1.87. The highest BCUT2D eigenvalue weighted by atomic mass is 16.3. The lowest BCUT2D eigenvalue weighted by molar-refractivity contribution is 0.128. The number of aliphatic hydroxyl groups excluding tert-OH is 1. The Morgan fingerprint density at radius 3 is 2.23 bits per heavy atom. The summed E-state index contributed by atoms with van der Waals surface area (Å²) in [7, 11) is 0. The maximum atomic E-state index is 8.88. The Hall–Kier alpha value is -1.10. The van der Waals surface area contributed by atoms with Crippen LogP contribution in [0.3, 0.4) is 0 Å². The number of hydrogen-bond acceptors (Lipinski definition) is 4. The van der Waals surface area contributed by atoms with Crippen LogP contribution in [0.5, 0.6) is 0 Å². The molecule has 0 spiro atoms. The lowest BCUT2D eigenvalue weighted by Gasteiger charge is -2.31.